The molecule has 1 aromatic heterocycles. The minimum atomic E-state index is 0.682. The van der Waals surface area contributed by atoms with Crippen LogP contribution in [0.4, 0.5) is 11.6 Å². The lowest BCUT2D eigenvalue weighted by Gasteiger charge is -2.36. The third-order valence-electron chi connectivity index (χ3n) is 3.56. The van der Waals surface area contributed by atoms with Crippen LogP contribution in [0.15, 0.2) is 41.1 Å². The summed E-state index contributed by atoms with van der Waals surface area (Å²) in [6, 6.07) is 7.52. The molecule has 0 unspecified atom stereocenters. The van der Waals surface area contributed by atoms with Crippen molar-refractivity contribution in [1.82, 2.24) is 9.97 Å². The molecule has 1 fully saturated rings. The van der Waals surface area contributed by atoms with Gasteiger partial charge in [-0.1, -0.05) is 0 Å². The Morgan fingerprint density at radius 2 is 1.71 bits per heavy atom. The fraction of sp³-hybridized carbons (Fsp3) is 0.267. The third kappa shape index (κ3) is 3.05. The average molecular weight is 347 g/mol. The van der Waals surface area contributed by atoms with Crippen molar-refractivity contribution in [2.75, 3.05) is 36.0 Å². The van der Waals surface area contributed by atoms with Gasteiger partial charge in [0.15, 0.2) is 0 Å². The van der Waals surface area contributed by atoms with Gasteiger partial charge in [0.25, 0.3) is 0 Å². The van der Waals surface area contributed by atoms with E-state index < -0.39 is 0 Å². The molecule has 3 rings (SSSR count). The summed E-state index contributed by atoms with van der Waals surface area (Å²) in [4.78, 5) is 23.9. The average Bonchev–Trinajstić information content (AvgIpc) is 2.56. The van der Waals surface area contributed by atoms with Crippen LogP contribution in [0.2, 0.25) is 0 Å². The van der Waals surface area contributed by atoms with Gasteiger partial charge < -0.3 is 9.80 Å². The molecule has 108 valence electrons. The van der Waals surface area contributed by atoms with Crippen molar-refractivity contribution in [3.8, 4) is 0 Å². The first-order chi connectivity index (χ1) is 10.3. The van der Waals surface area contributed by atoms with Crippen LogP contribution in [0.5, 0.6) is 0 Å². The monoisotopic (exact) mass is 346 g/mol. The highest BCUT2D eigenvalue weighted by atomic mass is 79.9. The van der Waals surface area contributed by atoms with Crippen LogP contribution < -0.4 is 9.80 Å². The molecule has 1 aliphatic heterocycles. The van der Waals surface area contributed by atoms with E-state index in [1.165, 1.54) is 0 Å². The number of piperazine rings is 1. The first-order valence-electron chi connectivity index (χ1n) is 6.79. The number of anilines is 2. The van der Waals surface area contributed by atoms with Crippen LogP contribution >= 0.6 is 15.9 Å². The van der Waals surface area contributed by atoms with Gasteiger partial charge in [-0.15, -0.1) is 0 Å². The Morgan fingerprint density at radius 3 is 2.33 bits per heavy atom. The Balaban J connectivity index is 1.70. The number of rotatable bonds is 3. The van der Waals surface area contributed by atoms with Gasteiger partial charge in [-0.05, 0) is 40.2 Å². The topological polar surface area (TPSA) is 49.3 Å². The van der Waals surface area contributed by atoms with Gasteiger partial charge in [-0.2, -0.15) is 0 Å². The zero-order valence-electron chi connectivity index (χ0n) is 11.4. The van der Waals surface area contributed by atoms with Gasteiger partial charge in [0.2, 0.25) is 5.95 Å². The quantitative estimate of drug-likeness (QED) is 0.798. The molecule has 1 aliphatic rings. The second-order valence-electron chi connectivity index (χ2n) is 4.85. The predicted molar refractivity (Wildman–Crippen MR) is 86.0 cm³/mol. The molecular weight excluding hydrogens is 332 g/mol. The van der Waals surface area contributed by atoms with E-state index in [9.17, 15) is 4.79 Å². The van der Waals surface area contributed by atoms with Crippen LogP contribution in [0.1, 0.15) is 10.4 Å². The number of nitrogens with zero attached hydrogens (tertiary/aromatic N) is 4. The number of aldehydes is 1. The molecule has 0 saturated carbocycles. The van der Waals surface area contributed by atoms with Gasteiger partial charge in [-0.25, -0.2) is 9.97 Å². The first kappa shape index (κ1) is 14.0. The number of carbonyl (C=O) groups excluding carboxylic acids is 1. The molecule has 21 heavy (non-hydrogen) atoms. The lowest BCUT2D eigenvalue weighted by molar-refractivity contribution is 0.112. The van der Waals surface area contributed by atoms with Crippen molar-refractivity contribution in [1.29, 1.82) is 0 Å². The summed E-state index contributed by atoms with van der Waals surface area (Å²) in [5.74, 6) is 0.785. The number of hydrogen-bond acceptors (Lipinski definition) is 5. The molecule has 5 nitrogen and oxygen atoms in total. The molecule has 6 heteroatoms. The van der Waals surface area contributed by atoms with E-state index in [1.807, 2.05) is 24.3 Å². The molecule has 0 aliphatic carbocycles. The maximum absolute atomic E-state index is 10.8. The smallest absolute Gasteiger partial charge is 0.225 e. The zero-order valence-corrected chi connectivity index (χ0v) is 13.0. The molecule has 0 amide bonds. The molecule has 0 bridgehead atoms. The molecule has 0 N–H and O–H groups in total. The maximum Gasteiger partial charge on any atom is 0.225 e. The molecule has 2 heterocycles. The summed E-state index contributed by atoms with van der Waals surface area (Å²) in [6.45, 7) is 3.56. The molecule has 1 saturated heterocycles. The summed E-state index contributed by atoms with van der Waals surface area (Å²) in [7, 11) is 0. The maximum atomic E-state index is 10.8. The van der Waals surface area contributed by atoms with Gasteiger partial charge in [0.1, 0.15) is 6.29 Å². The molecule has 0 spiro atoms. The summed E-state index contributed by atoms with van der Waals surface area (Å²) < 4.78 is 0.955. The second kappa shape index (κ2) is 6.22. The minimum Gasteiger partial charge on any atom is -0.367 e. The lowest BCUT2D eigenvalue weighted by atomic mass is 10.2. The predicted octanol–water partition coefficient (Wildman–Crippen LogP) is 2.38. The van der Waals surface area contributed by atoms with E-state index in [0.717, 1.165) is 48.6 Å². The Kier molecular flexibility index (Phi) is 4.15. The van der Waals surface area contributed by atoms with Crippen LogP contribution in [-0.4, -0.2) is 42.4 Å². The van der Waals surface area contributed by atoms with Gasteiger partial charge >= 0.3 is 0 Å². The number of carbonyl (C=O) groups is 1. The molecular formula is C15H15BrN4O. The van der Waals surface area contributed by atoms with E-state index in [4.69, 9.17) is 0 Å². The van der Waals surface area contributed by atoms with E-state index in [2.05, 4.69) is 35.7 Å². The van der Waals surface area contributed by atoms with E-state index in [-0.39, 0.29) is 0 Å². The van der Waals surface area contributed by atoms with Gasteiger partial charge in [-0.3, -0.25) is 4.79 Å². The third-order valence-corrected chi connectivity index (χ3v) is 4.20. The van der Waals surface area contributed by atoms with Crippen molar-refractivity contribution in [2.45, 2.75) is 0 Å². The van der Waals surface area contributed by atoms with E-state index in [0.29, 0.717) is 5.56 Å². The lowest BCUT2D eigenvalue weighted by Crippen LogP contribution is -2.47. The van der Waals surface area contributed by atoms with Crippen molar-refractivity contribution >= 4 is 33.9 Å². The highest BCUT2D eigenvalue weighted by Gasteiger charge is 2.20. The molecule has 1 aromatic carbocycles. The highest BCUT2D eigenvalue weighted by Crippen LogP contribution is 2.28. The first-order valence-corrected chi connectivity index (χ1v) is 7.59. The minimum absolute atomic E-state index is 0.682. The van der Waals surface area contributed by atoms with Gasteiger partial charge in [0, 0.05) is 48.6 Å². The second-order valence-corrected chi connectivity index (χ2v) is 5.71. The molecule has 0 radical (unpaired) electrons. The van der Waals surface area contributed by atoms with Crippen molar-refractivity contribution in [3.05, 3.63) is 46.7 Å². The molecule has 0 atom stereocenters. The van der Waals surface area contributed by atoms with Crippen molar-refractivity contribution in [2.24, 2.45) is 0 Å². The van der Waals surface area contributed by atoms with Crippen LogP contribution in [-0.2, 0) is 0 Å². The Labute approximate surface area is 131 Å². The fourth-order valence-electron chi connectivity index (χ4n) is 2.45. The number of halogens is 1. The number of aromatic nitrogens is 2. The Hall–Kier alpha value is -1.95. The van der Waals surface area contributed by atoms with Crippen molar-refractivity contribution < 1.29 is 4.79 Å². The standard InChI is InChI=1S/C15H15BrN4O/c16-13-10-12(11-21)2-3-14(13)19-6-8-20(9-7-19)15-17-4-1-5-18-15/h1-5,10-11H,6-9H2. The van der Waals surface area contributed by atoms with E-state index in [1.54, 1.807) is 12.4 Å². The zero-order chi connectivity index (χ0) is 14.7. The highest BCUT2D eigenvalue weighted by molar-refractivity contribution is 9.10. The van der Waals surface area contributed by atoms with Crippen LogP contribution in [0, 0.1) is 0 Å². The summed E-state index contributed by atoms with van der Waals surface area (Å²) >= 11 is 3.54. The summed E-state index contributed by atoms with van der Waals surface area (Å²) in [6.07, 6.45) is 4.39. The SMILES string of the molecule is O=Cc1ccc(N2CCN(c3ncccn3)CC2)c(Br)c1. The molecule has 2 aromatic rings. The largest absolute Gasteiger partial charge is 0.367 e. The Bertz CT molecular complexity index is 627. The van der Waals surface area contributed by atoms with Crippen LogP contribution in [0.25, 0.3) is 0 Å². The Morgan fingerprint density at radius 1 is 1.05 bits per heavy atom. The normalized spacial score (nSPS) is 15.1. The number of hydrogen-bond donors (Lipinski definition) is 0. The van der Waals surface area contributed by atoms with Crippen molar-refractivity contribution in [3.63, 3.8) is 0 Å². The van der Waals surface area contributed by atoms with E-state index >= 15 is 0 Å². The number of benzene rings is 1. The fourth-order valence-corrected chi connectivity index (χ4v) is 3.10. The van der Waals surface area contributed by atoms with Gasteiger partial charge in [0.05, 0.1) is 5.69 Å². The van der Waals surface area contributed by atoms with Crippen LogP contribution in [0.3, 0.4) is 0 Å². The summed E-state index contributed by atoms with van der Waals surface area (Å²) in [5.41, 5.74) is 1.80. The summed E-state index contributed by atoms with van der Waals surface area (Å²) in [5, 5.41) is 0.